The second-order valence-electron chi connectivity index (χ2n) is 18.0. The predicted octanol–water partition coefficient (Wildman–Crippen LogP) is 6.76. The Kier molecular flexibility index (Phi) is 11.1. The Bertz CT molecular complexity index is 1830. The highest BCUT2D eigenvalue weighted by Gasteiger charge is 2.64. The van der Waals surface area contributed by atoms with Crippen LogP contribution in [-0.2, 0) is 33.3 Å². The summed E-state index contributed by atoms with van der Waals surface area (Å²) in [5.41, 5.74) is -3.02. The number of aliphatic hydroxyl groups is 1. The van der Waals surface area contributed by atoms with Crippen LogP contribution in [0.15, 0.2) is 58.4 Å². The van der Waals surface area contributed by atoms with Crippen molar-refractivity contribution in [1.82, 2.24) is 5.32 Å². The maximum atomic E-state index is 15.0. The van der Waals surface area contributed by atoms with Gasteiger partial charge in [-0.05, 0) is 80.3 Å². The molecule has 4 aliphatic carbocycles. The lowest BCUT2D eigenvalue weighted by atomic mass is 9.48. The molecular weight excluding hydrogens is 720 g/mol. The standard InChI is InChI=1S/C43H58N2O11/c1-21-11-14-32(55-33-19-41(8,45(51)52)36(27(7)54-33)44-40(50)53-10)24(4)17-31-23(3)16-28(20-46)18-43(31)38(48)34(39(49)56-43)37(47)42(9)30(21)13-12-29-26(6)22(2)15-25(5)35(29)42/h11-13,16-17,20,22-23,25-27,29-33,35-36,47H,14-15,18-19H2,1-10H3,(H,44,50)/b21-11+,24-17?,37-34?. The summed E-state index contributed by atoms with van der Waals surface area (Å²) in [6, 6.07) is -1.02. The van der Waals surface area contributed by atoms with Gasteiger partial charge >= 0.3 is 12.1 Å². The molecule has 56 heavy (non-hydrogen) atoms. The first-order valence-electron chi connectivity index (χ1n) is 20.0. The summed E-state index contributed by atoms with van der Waals surface area (Å²) >= 11 is 0. The van der Waals surface area contributed by atoms with Crippen molar-refractivity contribution >= 4 is 24.1 Å². The number of fused-ring (bicyclic) bond motifs is 4. The molecule has 1 saturated carbocycles. The van der Waals surface area contributed by atoms with E-state index in [9.17, 15) is 29.6 Å². The second-order valence-corrected chi connectivity index (χ2v) is 18.0. The fourth-order valence-corrected chi connectivity index (χ4v) is 11.4. The Morgan fingerprint density at radius 3 is 2.41 bits per heavy atom. The van der Waals surface area contributed by atoms with Gasteiger partial charge in [0.15, 0.2) is 11.9 Å². The second kappa shape index (κ2) is 15.0. The maximum Gasteiger partial charge on any atom is 0.407 e. The molecule has 2 heterocycles. The number of carbonyl (C=O) groups is 4. The summed E-state index contributed by atoms with van der Waals surface area (Å²) < 4.78 is 23.9. The first-order valence-corrected chi connectivity index (χ1v) is 20.0. The number of esters is 1. The Balaban J connectivity index is 1.51. The van der Waals surface area contributed by atoms with Gasteiger partial charge in [0.25, 0.3) is 0 Å². The van der Waals surface area contributed by atoms with Gasteiger partial charge in [-0.25, -0.2) is 9.59 Å². The number of alkyl carbamates (subject to hydrolysis) is 1. The zero-order valence-corrected chi connectivity index (χ0v) is 34.2. The van der Waals surface area contributed by atoms with Crippen molar-refractivity contribution in [3.63, 3.8) is 0 Å². The first kappa shape index (κ1) is 41.5. The van der Waals surface area contributed by atoms with Crippen LogP contribution < -0.4 is 5.32 Å². The van der Waals surface area contributed by atoms with Gasteiger partial charge in [0.05, 0.1) is 25.7 Å². The number of ether oxygens (including phenoxy) is 4. The van der Waals surface area contributed by atoms with E-state index in [4.69, 9.17) is 18.9 Å². The van der Waals surface area contributed by atoms with E-state index in [2.05, 4.69) is 44.3 Å². The molecule has 306 valence electrons. The minimum absolute atomic E-state index is 0.0774. The number of nitrogens with zero attached hydrogens (tertiary/aromatic N) is 1. The van der Waals surface area contributed by atoms with Crippen LogP contribution in [0, 0.1) is 62.9 Å². The molecule has 0 aromatic rings. The first-order chi connectivity index (χ1) is 26.2. The number of nitrogens with one attached hydrogen (secondary N) is 1. The Labute approximate surface area is 329 Å². The average molecular weight is 779 g/mol. The topological polar surface area (TPSA) is 181 Å². The van der Waals surface area contributed by atoms with Gasteiger partial charge in [-0.1, -0.05) is 70.6 Å². The molecule has 6 aliphatic rings. The van der Waals surface area contributed by atoms with Crippen LogP contribution >= 0.6 is 0 Å². The van der Waals surface area contributed by atoms with Crippen molar-refractivity contribution in [3.05, 3.63) is 68.5 Å². The molecule has 13 nitrogen and oxygen atoms in total. The molecule has 0 radical (unpaired) electrons. The van der Waals surface area contributed by atoms with E-state index >= 15 is 4.79 Å². The Hall–Kier alpha value is -4.10. The number of aldehydes is 1. The number of carbonyl (C=O) groups excluding carboxylic acids is 4. The van der Waals surface area contributed by atoms with Crippen LogP contribution in [0.4, 0.5) is 4.79 Å². The van der Waals surface area contributed by atoms with Gasteiger partial charge in [-0.3, -0.25) is 19.7 Å². The summed E-state index contributed by atoms with van der Waals surface area (Å²) in [6.45, 7) is 17.4. The molecule has 15 atom stereocenters. The smallest absolute Gasteiger partial charge is 0.407 e. The summed E-state index contributed by atoms with van der Waals surface area (Å²) in [5.74, 6) is -2.60. The number of nitro groups is 1. The molecule has 0 aromatic heterocycles. The van der Waals surface area contributed by atoms with E-state index in [0.29, 0.717) is 29.8 Å². The van der Waals surface area contributed by atoms with Gasteiger partial charge in [0.1, 0.15) is 23.7 Å². The molecule has 13 heteroatoms. The molecule has 1 spiro atoms. The van der Waals surface area contributed by atoms with Crippen LogP contribution in [0.3, 0.4) is 0 Å². The lowest BCUT2D eigenvalue weighted by Crippen LogP contribution is -2.65. The number of rotatable bonds is 5. The summed E-state index contributed by atoms with van der Waals surface area (Å²) in [4.78, 5) is 65.9. The lowest BCUT2D eigenvalue weighted by Gasteiger charge is -2.56. The molecule has 2 aliphatic heterocycles. The fraction of sp³-hybridized carbons (Fsp3) is 0.674. The Morgan fingerprint density at radius 1 is 1.07 bits per heavy atom. The number of hydrogen-bond donors (Lipinski definition) is 2. The number of aliphatic hydroxyl groups excluding tert-OH is 1. The molecule has 15 unspecified atom stereocenters. The summed E-state index contributed by atoms with van der Waals surface area (Å²) in [7, 11) is 1.18. The predicted molar refractivity (Wildman–Crippen MR) is 205 cm³/mol. The third-order valence-electron chi connectivity index (χ3n) is 14.6. The quantitative estimate of drug-likeness (QED) is 0.0752. The zero-order chi connectivity index (χ0) is 41.2. The number of methoxy groups -OCH3 is 1. The zero-order valence-electron chi connectivity index (χ0n) is 34.2. The summed E-state index contributed by atoms with van der Waals surface area (Å²) in [6.07, 6.45) is 8.12. The van der Waals surface area contributed by atoms with Gasteiger partial charge in [-0.15, -0.1) is 0 Å². The van der Waals surface area contributed by atoms with Crippen LogP contribution in [0.25, 0.3) is 0 Å². The average Bonchev–Trinajstić information content (AvgIpc) is 3.38. The largest absolute Gasteiger partial charge is 0.511 e. The minimum Gasteiger partial charge on any atom is -0.511 e. The molecule has 3 fully saturated rings. The maximum absolute atomic E-state index is 15.0. The molecule has 6 rings (SSSR count). The number of amides is 1. The van der Waals surface area contributed by atoms with E-state index in [-0.39, 0.29) is 47.8 Å². The normalized spacial score (nSPS) is 44.8. The van der Waals surface area contributed by atoms with Gasteiger partial charge in [0.2, 0.25) is 11.3 Å². The highest BCUT2D eigenvalue weighted by Crippen LogP contribution is 2.61. The van der Waals surface area contributed by atoms with Crippen molar-refractivity contribution in [2.45, 2.75) is 124 Å². The molecule has 0 aromatic carbocycles. The third kappa shape index (κ3) is 6.56. The van der Waals surface area contributed by atoms with E-state index in [1.165, 1.54) is 14.0 Å². The lowest BCUT2D eigenvalue weighted by molar-refractivity contribution is -0.584. The number of hydrogen-bond acceptors (Lipinski definition) is 11. The molecule has 2 bridgehead atoms. The SMILES string of the molecule is COC(=O)NC1C(C)OC(OC2C/C=C(\C)C3C=CC4C(C)C(C)CC(C)C4C3(C)C(O)=C3C(=O)OC4(CC(C=O)=CC(C)C4C=C2C)C3=O)CC1(C)[N+](=O)[O-]. The van der Waals surface area contributed by atoms with E-state index in [1.807, 2.05) is 33.8 Å². The van der Waals surface area contributed by atoms with Crippen LogP contribution in [-0.4, -0.2) is 77.0 Å². The number of ketones is 1. The van der Waals surface area contributed by atoms with Crippen LogP contribution in [0.5, 0.6) is 0 Å². The number of allylic oxidation sites excluding steroid dienone is 5. The third-order valence-corrected chi connectivity index (χ3v) is 14.6. The monoisotopic (exact) mass is 778 g/mol. The molecule has 2 N–H and O–H groups in total. The van der Waals surface area contributed by atoms with E-state index in [0.717, 1.165) is 12.0 Å². The van der Waals surface area contributed by atoms with Crippen LogP contribution in [0.2, 0.25) is 0 Å². The van der Waals surface area contributed by atoms with Crippen molar-refractivity contribution < 1.29 is 48.2 Å². The van der Waals surface area contributed by atoms with Crippen molar-refractivity contribution in [2.75, 3.05) is 7.11 Å². The Morgan fingerprint density at radius 2 is 1.77 bits per heavy atom. The number of Topliss-reactive ketones (excluding diaryl/α,β-unsaturated/α-hetero) is 1. The van der Waals surface area contributed by atoms with Crippen molar-refractivity contribution in [1.29, 1.82) is 0 Å². The van der Waals surface area contributed by atoms with Crippen molar-refractivity contribution in [2.24, 2.45) is 52.8 Å². The van der Waals surface area contributed by atoms with E-state index in [1.54, 1.807) is 13.0 Å². The molecule has 1 amide bonds. The van der Waals surface area contributed by atoms with Gasteiger partial charge in [0, 0.05) is 35.5 Å². The van der Waals surface area contributed by atoms with Crippen molar-refractivity contribution in [3.8, 4) is 0 Å². The van der Waals surface area contributed by atoms with Crippen LogP contribution in [0.1, 0.15) is 88.0 Å². The molecular formula is C43H58N2O11. The highest BCUT2D eigenvalue weighted by molar-refractivity contribution is 6.26. The van der Waals surface area contributed by atoms with Gasteiger partial charge < -0.3 is 29.4 Å². The summed E-state index contributed by atoms with van der Waals surface area (Å²) in [5, 5.41) is 27.8. The van der Waals surface area contributed by atoms with E-state index < -0.39 is 81.6 Å². The fourth-order valence-electron chi connectivity index (χ4n) is 11.4. The molecule has 2 saturated heterocycles. The highest BCUT2D eigenvalue weighted by atomic mass is 16.7. The minimum atomic E-state index is -1.80. The van der Waals surface area contributed by atoms with Gasteiger partial charge in [-0.2, -0.15) is 0 Å².